The molecule has 4 aromatic heterocycles. The number of hydrogen-bond donors (Lipinski definition) is 3. The smallest absolute Gasteiger partial charge is 0.256 e. The number of anilines is 2. The number of halogens is 2. The van der Waals surface area contributed by atoms with Gasteiger partial charge < -0.3 is 20.7 Å². The minimum atomic E-state index is -2.49. The monoisotopic (exact) mass is 502 g/mol. The Morgan fingerprint density at radius 1 is 1.11 bits per heavy atom. The van der Waals surface area contributed by atoms with Gasteiger partial charge in [0.15, 0.2) is 11.5 Å². The maximum absolute atomic E-state index is 12.9. The van der Waals surface area contributed by atoms with E-state index < -0.39 is 13.0 Å². The van der Waals surface area contributed by atoms with Gasteiger partial charge >= 0.3 is 0 Å². The molecular formula is C25H36F2N8O. The molecule has 1 fully saturated rings. The second kappa shape index (κ2) is 11.6. The molecular weight excluding hydrogens is 466 g/mol. The highest BCUT2D eigenvalue weighted by Gasteiger charge is 2.22. The van der Waals surface area contributed by atoms with Crippen LogP contribution in [0, 0.1) is 6.92 Å². The number of imidazole rings is 1. The first-order valence-electron chi connectivity index (χ1n) is 12.4. The second-order valence-corrected chi connectivity index (χ2v) is 8.85. The van der Waals surface area contributed by atoms with E-state index in [0.717, 1.165) is 18.4 Å². The quantitative estimate of drug-likeness (QED) is 0.357. The number of aromatic nitrogens is 6. The molecule has 4 aromatic rings. The number of nitrogens with zero attached hydrogens (tertiary/aromatic N) is 6. The average molecular weight is 503 g/mol. The molecule has 36 heavy (non-hydrogen) atoms. The Morgan fingerprint density at radius 3 is 2.39 bits per heavy atom. The van der Waals surface area contributed by atoms with E-state index >= 15 is 0 Å². The van der Waals surface area contributed by atoms with Crippen LogP contribution in [0.5, 0.6) is 0 Å². The van der Waals surface area contributed by atoms with Crippen molar-refractivity contribution in [3.8, 4) is 11.3 Å². The summed E-state index contributed by atoms with van der Waals surface area (Å²) in [7, 11) is 1.73. The van der Waals surface area contributed by atoms with Gasteiger partial charge in [-0.3, -0.25) is 0 Å². The topological polar surface area (TPSA) is 119 Å². The van der Waals surface area contributed by atoms with E-state index in [0.29, 0.717) is 34.0 Å². The number of pyridine rings is 1. The van der Waals surface area contributed by atoms with Crippen molar-refractivity contribution in [2.75, 3.05) is 18.1 Å². The predicted molar refractivity (Wildman–Crippen MR) is 139 cm³/mol. The Hall–Kier alpha value is -3.34. The lowest BCUT2D eigenvalue weighted by Crippen LogP contribution is -2.26. The number of aliphatic hydroxyl groups is 1. The third-order valence-electron chi connectivity index (χ3n) is 6.07. The predicted octanol–water partition coefficient (Wildman–Crippen LogP) is 5.07. The Labute approximate surface area is 209 Å². The Kier molecular flexibility index (Phi) is 8.78. The van der Waals surface area contributed by atoms with Crippen LogP contribution in [-0.2, 0) is 6.54 Å². The van der Waals surface area contributed by atoms with Crippen molar-refractivity contribution >= 4 is 28.4 Å². The molecule has 1 saturated carbocycles. The van der Waals surface area contributed by atoms with Gasteiger partial charge in [-0.1, -0.05) is 33.1 Å². The first-order chi connectivity index (χ1) is 17.2. The van der Waals surface area contributed by atoms with Crippen LogP contribution in [0.25, 0.3) is 27.9 Å². The molecule has 0 spiro atoms. The molecule has 0 aliphatic heterocycles. The highest BCUT2D eigenvalue weighted by atomic mass is 19.3. The van der Waals surface area contributed by atoms with Crippen LogP contribution < -0.4 is 11.1 Å². The molecule has 0 bridgehead atoms. The molecule has 0 aromatic carbocycles. The van der Waals surface area contributed by atoms with Crippen molar-refractivity contribution in [3.05, 3.63) is 30.2 Å². The Morgan fingerprint density at radius 2 is 1.81 bits per heavy atom. The molecule has 4 N–H and O–H groups in total. The third-order valence-corrected chi connectivity index (χ3v) is 6.07. The standard InChI is InChI=1S/C16H16F2N8.C7H14O.C2H6/c1-8-21-11-4-3-10(22-15(11)25(8)7-12(17)18)9-5-6-26-13(9)14(20-2)23-16(19)24-26;1-7(8)5-3-2-4-6-7;1-2/h3-6,12H,7H2,1-2H3,(H3,19,20,23,24);8H,2-6H2,1H3;1-2H3. The summed E-state index contributed by atoms with van der Waals surface area (Å²) in [5, 5.41) is 16.5. The summed E-state index contributed by atoms with van der Waals surface area (Å²) in [6.45, 7) is 7.18. The number of nitrogens with one attached hydrogen (secondary N) is 1. The van der Waals surface area contributed by atoms with Gasteiger partial charge in [0.2, 0.25) is 5.95 Å². The highest BCUT2D eigenvalue weighted by molar-refractivity contribution is 5.89. The Balaban J connectivity index is 0.000000305. The fourth-order valence-corrected chi connectivity index (χ4v) is 4.36. The van der Waals surface area contributed by atoms with Crippen LogP contribution in [0.3, 0.4) is 0 Å². The summed E-state index contributed by atoms with van der Waals surface area (Å²) in [4.78, 5) is 13.1. The van der Waals surface area contributed by atoms with Crippen molar-refractivity contribution in [1.29, 1.82) is 0 Å². The zero-order chi connectivity index (χ0) is 26.5. The molecule has 5 rings (SSSR count). The second-order valence-electron chi connectivity index (χ2n) is 8.85. The van der Waals surface area contributed by atoms with Gasteiger partial charge in [0, 0.05) is 18.8 Å². The minimum absolute atomic E-state index is 0.137. The normalized spacial score (nSPS) is 14.8. The number of alkyl halides is 2. The largest absolute Gasteiger partial charge is 0.390 e. The number of rotatable bonds is 4. The van der Waals surface area contributed by atoms with E-state index in [1.807, 2.05) is 26.8 Å². The SMILES string of the molecule is CC.CC1(O)CCCCC1.CNc1nc(N)nn2ccc(-c3ccc4nc(C)n(CC(F)F)c4n3)c12. The summed E-state index contributed by atoms with van der Waals surface area (Å²) >= 11 is 0. The number of aryl methyl sites for hydroxylation is 1. The van der Waals surface area contributed by atoms with Gasteiger partial charge in [0.05, 0.1) is 17.8 Å². The van der Waals surface area contributed by atoms with Gasteiger partial charge in [-0.15, -0.1) is 5.10 Å². The molecule has 1 aliphatic rings. The molecule has 196 valence electrons. The van der Waals surface area contributed by atoms with Gasteiger partial charge in [0.25, 0.3) is 6.43 Å². The summed E-state index contributed by atoms with van der Waals surface area (Å²) in [5.74, 6) is 1.19. The van der Waals surface area contributed by atoms with Gasteiger partial charge in [-0.2, -0.15) is 4.98 Å². The summed E-state index contributed by atoms with van der Waals surface area (Å²) in [6, 6.07) is 5.40. The molecule has 1 aliphatic carbocycles. The molecule has 9 nitrogen and oxygen atoms in total. The minimum Gasteiger partial charge on any atom is -0.390 e. The summed E-state index contributed by atoms with van der Waals surface area (Å²) in [5.41, 5.74) is 8.45. The van der Waals surface area contributed by atoms with Gasteiger partial charge in [0.1, 0.15) is 16.9 Å². The number of nitrogen functional groups attached to an aromatic ring is 1. The first-order valence-corrected chi connectivity index (χ1v) is 12.4. The van der Waals surface area contributed by atoms with E-state index in [1.54, 1.807) is 36.8 Å². The maximum Gasteiger partial charge on any atom is 0.256 e. The van der Waals surface area contributed by atoms with E-state index in [2.05, 4.69) is 25.4 Å². The summed E-state index contributed by atoms with van der Waals surface area (Å²) < 4.78 is 28.9. The molecule has 0 saturated heterocycles. The van der Waals surface area contributed by atoms with E-state index in [4.69, 9.17) is 5.73 Å². The third kappa shape index (κ3) is 6.07. The van der Waals surface area contributed by atoms with E-state index in [9.17, 15) is 13.9 Å². The fraction of sp³-hybridized carbons (Fsp3) is 0.520. The average Bonchev–Trinajstić information content (AvgIpc) is 3.40. The zero-order valence-electron chi connectivity index (χ0n) is 21.6. The number of hydrogen-bond acceptors (Lipinski definition) is 7. The molecule has 0 atom stereocenters. The number of fused-ring (bicyclic) bond motifs is 2. The van der Waals surface area contributed by atoms with Crippen LogP contribution in [0.2, 0.25) is 0 Å². The lowest BCUT2D eigenvalue weighted by Gasteiger charge is -2.27. The first kappa shape index (κ1) is 27.3. The van der Waals surface area contributed by atoms with Crippen LogP contribution in [0.4, 0.5) is 20.5 Å². The molecule has 0 radical (unpaired) electrons. The number of nitrogens with two attached hydrogens (primary N) is 1. The van der Waals surface area contributed by atoms with Crippen molar-refractivity contribution < 1.29 is 13.9 Å². The lowest BCUT2D eigenvalue weighted by molar-refractivity contribution is 0.0225. The molecule has 11 heteroatoms. The lowest BCUT2D eigenvalue weighted by atomic mass is 9.87. The van der Waals surface area contributed by atoms with Crippen LogP contribution in [-0.4, -0.2) is 53.3 Å². The van der Waals surface area contributed by atoms with Crippen molar-refractivity contribution in [2.24, 2.45) is 0 Å². The van der Waals surface area contributed by atoms with Crippen molar-refractivity contribution in [2.45, 2.75) is 78.4 Å². The maximum atomic E-state index is 12.9. The van der Waals surface area contributed by atoms with Gasteiger partial charge in [-0.05, 0) is 44.9 Å². The fourth-order valence-electron chi connectivity index (χ4n) is 4.36. The molecule has 4 heterocycles. The molecule has 0 unspecified atom stereocenters. The van der Waals surface area contributed by atoms with Crippen molar-refractivity contribution in [3.63, 3.8) is 0 Å². The highest BCUT2D eigenvalue weighted by Crippen LogP contribution is 2.30. The van der Waals surface area contributed by atoms with Crippen LogP contribution in [0.15, 0.2) is 24.4 Å². The zero-order valence-corrected chi connectivity index (χ0v) is 21.6. The molecule has 0 amide bonds. The summed E-state index contributed by atoms with van der Waals surface area (Å²) in [6.07, 6.45) is 5.02. The van der Waals surface area contributed by atoms with Crippen molar-refractivity contribution in [1.82, 2.24) is 29.1 Å². The van der Waals surface area contributed by atoms with Crippen LogP contribution >= 0.6 is 0 Å². The Bertz CT molecular complexity index is 1290. The van der Waals surface area contributed by atoms with E-state index in [1.165, 1.54) is 23.8 Å². The van der Waals surface area contributed by atoms with Crippen LogP contribution in [0.1, 0.15) is 58.7 Å². The van der Waals surface area contributed by atoms with Gasteiger partial charge in [-0.25, -0.2) is 23.3 Å². The van der Waals surface area contributed by atoms with E-state index in [-0.39, 0.29) is 11.5 Å².